The zero-order valence-corrected chi connectivity index (χ0v) is 11.2. The maximum Gasteiger partial charge on any atom is 0.252 e. The summed E-state index contributed by atoms with van der Waals surface area (Å²) in [6.45, 7) is 4.38. The summed E-state index contributed by atoms with van der Waals surface area (Å²) < 4.78 is 13.1. The molecule has 0 bridgehead atoms. The quantitative estimate of drug-likeness (QED) is 0.816. The molecule has 3 nitrogen and oxygen atoms in total. The van der Waals surface area contributed by atoms with Gasteiger partial charge in [0, 0.05) is 12.1 Å². The van der Waals surface area contributed by atoms with E-state index in [2.05, 4.69) is 31.0 Å². The van der Waals surface area contributed by atoms with Gasteiger partial charge in [-0.2, -0.15) is 0 Å². The van der Waals surface area contributed by atoms with Crippen LogP contribution < -0.4 is 5.32 Å². The molecule has 4 heteroatoms. The number of hydrogen-bond donors (Lipinski definition) is 2. The van der Waals surface area contributed by atoms with Crippen molar-refractivity contribution in [3.05, 3.63) is 35.1 Å². The van der Waals surface area contributed by atoms with E-state index < -0.39 is 5.82 Å². The summed E-state index contributed by atoms with van der Waals surface area (Å²) in [6.07, 6.45) is 0.880. The maximum atomic E-state index is 13.1. The molecule has 0 aliphatic carbocycles. The van der Waals surface area contributed by atoms with Crippen molar-refractivity contribution in [2.75, 3.05) is 13.2 Å². The van der Waals surface area contributed by atoms with Crippen LogP contribution in [0.25, 0.3) is 0 Å². The molecule has 0 saturated carbocycles. The van der Waals surface area contributed by atoms with Gasteiger partial charge in [-0.25, -0.2) is 4.39 Å². The van der Waals surface area contributed by atoms with E-state index >= 15 is 0 Å². The third-order valence-corrected chi connectivity index (χ3v) is 2.54. The number of halogens is 1. The molecular formula is C15H18FNO2. The molecule has 0 unspecified atom stereocenters. The predicted molar refractivity (Wildman–Crippen MR) is 72.2 cm³/mol. The second-order valence-corrected chi connectivity index (χ2v) is 4.59. The molecule has 102 valence electrons. The first-order chi connectivity index (χ1) is 9.04. The van der Waals surface area contributed by atoms with Gasteiger partial charge >= 0.3 is 0 Å². The molecule has 1 aromatic rings. The standard InChI is InChI=1S/C15H18FNO2/c1-11(2)7-8-17-15(19)14-6-5-13(16)10-12(14)4-3-9-18/h5-6,10-11,18H,7-9H2,1-2H3,(H,17,19). The van der Waals surface area contributed by atoms with Crippen molar-refractivity contribution in [2.24, 2.45) is 5.92 Å². The molecule has 0 heterocycles. The molecule has 2 N–H and O–H groups in total. The molecule has 0 aromatic heterocycles. The Balaban J connectivity index is 2.83. The molecule has 1 aromatic carbocycles. The zero-order valence-electron chi connectivity index (χ0n) is 11.2. The molecule has 1 rings (SSSR count). The first kappa shape index (κ1) is 15.2. The summed E-state index contributed by atoms with van der Waals surface area (Å²) in [5.74, 6) is 4.77. The average Bonchev–Trinajstić information content (AvgIpc) is 2.35. The van der Waals surface area contributed by atoms with E-state index in [1.54, 1.807) is 0 Å². The summed E-state index contributed by atoms with van der Waals surface area (Å²) in [5, 5.41) is 11.4. The fourth-order valence-corrected chi connectivity index (χ4v) is 1.52. The number of hydrogen-bond acceptors (Lipinski definition) is 2. The number of carbonyl (C=O) groups excluding carboxylic acids is 1. The number of benzene rings is 1. The smallest absolute Gasteiger partial charge is 0.252 e. The van der Waals surface area contributed by atoms with Gasteiger partial charge in [0.2, 0.25) is 0 Å². The van der Waals surface area contributed by atoms with Crippen molar-refractivity contribution in [3.8, 4) is 11.8 Å². The third kappa shape index (κ3) is 5.11. The summed E-state index contributed by atoms with van der Waals surface area (Å²) in [4.78, 5) is 12.0. The Bertz CT molecular complexity index is 501. The Morgan fingerprint density at radius 1 is 1.47 bits per heavy atom. The summed E-state index contributed by atoms with van der Waals surface area (Å²) in [5.41, 5.74) is 0.613. The van der Waals surface area contributed by atoms with Crippen molar-refractivity contribution in [3.63, 3.8) is 0 Å². The minimum Gasteiger partial charge on any atom is -0.384 e. The normalized spacial score (nSPS) is 9.95. The van der Waals surface area contributed by atoms with E-state index in [4.69, 9.17) is 5.11 Å². The number of aliphatic hydroxyl groups is 1. The number of aliphatic hydroxyl groups excluding tert-OH is 1. The summed E-state index contributed by atoms with van der Waals surface area (Å²) in [6, 6.07) is 3.82. The number of carbonyl (C=O) groups is 1. The fourth-order valence-electron chi connectivity index (χ4n) is 1.52. The lowest BCUT2D eigenvalue weighted by Gasteiger charge is -2.08. The number of amides is 1. The van der Waals surface area contributed by atoms with Gasteiger partial charge in [-0.05, 0) is 30.5 Å². The minimum absolute atomic E-state index is 0.275. The molecule has 0 spiro atoms. The van der Waals surface area contributed by atoms with Gasteiger partial charge < -0.3 is 10.4 Å². The lowest BCUT2D eigenvalue weighted by Crippen LogP contribution is -2.26. The summed E-state index contributed by atoms with van der Waals surface area (Å²) >= 11 is 0. The lowest BCUT2D eigenvalue weighted by molar-refractivity contribution is 0.0951. The van der Waals surface area contributed by atoms with Crippen LogP contribution in [-0.2, 0) is 0 Å². The highest BCUT2D eigenvalue weighted by Gasteiger charge is 2.10. The van der Waals surface area contributed by atoms with Crippen LogP contribution in [0.4, 0.5) is 4.39 Å². The van der Waals surface area contributed by atoms with Crippen LogP contribution in [0.1, 0.15) is 36.2 Å². The first-order valence-corrected chi connectivity index (χ1v) is 6.22. The molecule has 1 amide bonds. The molecular weight excluding hydrogens is 245 g/mol. The number of rotatable bonds is 4. The van der Waals surface area contributed by atoms with E-state index in [0.717, 1.165) is 6.42 Å². The van der Waals surface area contributed by atoms with Crippen molar-refractivity contribution >= 4 is 5.91 Å². The van der Waals surface area contributed by atoms with Crippen molar-refractivity contribution < 1.29 is 14.3 Å². The van der Waals surface area contributed by atoms with Crippen LogP contribution in [0.3, 0.4) is 0 Å². The van der Waals surface area contributed by atoms with Gasteiger partial charge in [0.25, 0.3) is 5.91 Å². The average molecular weight is 263 g/mol. The van der Waals surface area contributed by atoms with Gasteiger partial charge in [-0.15, -0.1) is 0 Å². The van der Waals surface area contributed by atoms with Crippen molar-refractivity contribution in [1.82, 2.24) is 5.32 Å². The van der Waals surface area contributed by atoms with Crippen LogP contribution in [0, 0.1) is 23.6 Å². The lowest BCUT2D eigenvalue weighted by atomic mass is 10.1. The Labute approximate surface area is 112 Å². The highest BCUT2D eigenvalue weighted by molar-refractivity contribution is 5.96. The molecule has 0 saturated heterocycles. The Morgan fingerprint density at radius 2 is 2.21 bits per heavy atom. The van der Waals surface area contributed by atoms with Crippen LogP contribution in [0.2, 0.25) is 0 Å². The monoisotopic (exact) mass is 263 g/mol. The second-order valence-electron chi connectivity index (χ2n) is 4.59. The van der Waals surface area contributed by atoms with E-state index in [0.29, 0.717) is 18.0 Å². The Morgan fingerprint density at radius 3 is 2.84 bits per heavy atom. The van der Waals surface area contributed by atoms with Crippen LogP contribution in [-0.4, -0.2) is 24.2 Å². The largest absolute Gasteiger partial charge is 0.384 e. The summed E-state index contributed by atoms with van der Waals surface area (Å²) in [7, 11) is 0. The van der Waals surface area contributed by atoms with Crippen LogP contribution in [0.5, 0.6) is 0 Å². The molecule has 0 aliphatic rings. The van der Waals surface area contributed by atoms with Crippen molar-refractivity contribution in [2.45, 2.75) is 20.3 Å². The van der Waals surface area contributed by atoms with Crippen LogP contribution >= 0.6 is 0 Å². The van der Waals surface area contributed by atoms with Gasteiger partial charge in [0.15, 0.2) is 0 Å². The SMILES string of the molecule is CC(C)CCNC(=O)c1ccc(F)cc1C#CCO. The molecule has 19 heavy (non-hydrogen) atoms. The van der Waals surface area contributed by atoms with Crippen molar-refractivity contribution in [1.29, 1.82) is 0 Å². The predicted octanol–water partition coefficient (Wildman–Crippen LogP) is 1.95. The van der Waals surface area contributed by atoms with Gasteiger partial charge in [-0.3, -0.25) is 4.79 Å². The molecule has 0 fully saturated rings. The number of nitrogens with one attached hydrogen (secondary N) is 1. The van der Waals surface area contributed by atoms with E-state index in [9.17, 15) is 9.18 Å². The van der Waals surface area contributed by atoms with Gasteiger partial charge in [0.1, 0.15) is 12.4 Å². The molecule has 0 radical (unpaired) electrons. The Hall–Kier alpha value is -1.86. The molecule has 0 atom stereocenters. The Kier molecular flexibility index (Phi) is 6.04. The van der Waals surface area contributed by atoms with E-state index in [1.165, 1.54) is 18.2 Å². The minimum atomic E-state index is -0.457. The fraction of sp³-hybridized carbons (Fsp3) is 0.400. The van der Waals surface area contributed by atoms with Gasteiger partial charge in [-0.1, -0.05) is 25.7 Å². The maximum absolute atomic E-state index is 13.1. The highest BCUT2D eigenvalue weighted by Crippen LogP contribution is 2.10. The first-order valence-electron chi connectivity index (χ1n) is 6.22. The van der Waals surface area contributed by atoms with E-state index in [1.807, 2.05) is 0 Å². The van der Waals surface area contributed by atoms with E-state index in [-0.39, 0.29) is 18.1 Å². The highest BCUT2D eigenvalue weighted by atomic mass is 19.1. The third-order valence-electron chi connectivity index (χ3n) is 2.54. The van der Waals surface area contributed by atoms with Crippen LogP contribution in [0.15, 0.2) is 18.2 Å². The van der Waals surface area contributed by atoms with Gasteiger partial charge in [0.05, 0.1) is 5.56 Å². The molecule has 0 aliphatic heterocycles. The zero-order chi connectivity index (χ0) is 14.3. The topological polar surface area (TPSA) is 49.3 Å². The second kappa shape index (κ2) is 7.55.